The van der Waals surface area contributed by atoms with Crippen LogP contribution in [0.25, 0.3) is 0 Å². The van der Waals surface area contributed by atoms with Crippen LogP contribution in [0.4, 0.5) is 5.82 Å². The van der Waals surface area contributed by atoms with Crippen LogP contribution < -0.4 is 5.32 Å². The van der Waals surface area contributed by atoms with E-state index in [1.165, 1.54) is 0 Å². The molecule has 0 saturated carbocycles. The lowest BCUT2D eigenvalue weighted by Gasteiger charge is -2.20. The summed E-state index contributed by atoms with van der Waals surface area (Å²) in [6.07, 6.45) is 0. The average molecular weight is 305 g/mol. The number of nitrogens with one attached hydrogen (secondary N) is 1. The zero-order valence-corrected chi connectivity index (χ0v) is 14.6. The molecule has 2 rings (SSSR count). The number of anilines is 1. The van der Waals surface area contributed by atoms with Crippen LogP contribution in [0.15, 0.2) is 16.1 Å². The van der Waals surface area contributed by atoms with Gasteiger partial charge in [-0.15, -0.1) is 0 Å². The van der Waals surface area contributed by atoms with Gasteiger partial charge in [0, 0.05) is 25.1 Å². The Morgan fingerprint density at radius 1 is 1.19 bits per heavy atom. The summed E-state index contributed by atoms with van der Waals surface area (Å²) in [6, 6.07) is 2.07. The van der Waals surface area contributed by atoms with E-state index in [1.54, 1.807) is 11.8 Å². The number of rotatable bonds is 3. The second-order valence-electron chi connectivity index (χ2n) is 6.18. The molecule has 0 spiro atoms. The van der Waals surface area contributed by atoms with Crippen molar-refractivity contribution in [3.05, 3.63) is 23.1 Å². The quantitative estimate of drug-likeness (QED) is 0.882. The van der Waals surface area contributed by atoms with E-state index in [0.717, 1.165) is 33.0 Å². The van der Waals surface area contributed by atoms with Crippen LogP contribution in [0.2, 0.25) is 0 Å². The van der Waals surface area contributed by atoms with Crippen LogP contribution in [-0.2, 0) is 12.5 Å². The number of hydrogen-bond donors (Lipinski definition) is 1. The van der Waals surface area contributed by atoms with Crippen LogP contribution in [0, 0.1) is 13.8 Å². The molecule has 0 amide bonds. The summed E-state index contributed by atoms with van der Waals surface area (Å²) in [6.45, 7) is 10.4. The zero-order chi connectivity index (χ0) is 15.8. The fourth-order valence-electron chi connectivity index (χ4n) is 1.96. The van der Waals surface area contributed by atoms with Crippen LogP contribution in [0.1, 0.15) is 37.9 Å². The van der Waals surface area contributed by atoms with Crippen molar-refractivity contribution < 1.29 is 0 Å². The van der Waals surface area contributed by atoms with Gasteiger partial charge in [0.1, 0.15) is 21.7 Å². The van der Waals surface area contributed by atoms with Crippen molar-refractivity contribution in [1.82, 2.24) is 19.7 Å². The molecule has 0 aliphatic heterocycles. The first kappa shape index (κ1) is 15.8. The van der Waals surface area contributed by atoms with Crippen LogP contribution in [0.5, 0.6) is 0 Å². The average Bonchev–Trinajstić information content (AvgIpc) is 2.69. The minimum absolute atomic E-state index is 0.0863. The smallest absolute Gasteiger partial charge is 0.137 e. The Morgan fingerprint density at radius 2 is 1.86 bits per heavy atom. The van der Waals surface area contributed by atoms with Crippen molar-refractivity contribution in [3.63, 3.8) is 0 Å². The van der Waals surface area contributed by atoms with Gasteiger partial charge in [-0.2, -0.15) is 5.10 Å². The van der Waals surface area contributed by atoms with Crippen molar-refractivity contribution >= 4 is 17.6 Å². The van der Waals surface area contributed by atoms with Gasteiger partial charge in [-0.3, -0.25) is 4.68 Å². The second kappa shape index (κ2) is 5.67. The number of aromatic nitrogens is 4. The van der Waals surface area contributed by atoms with Gasteiger partial charge >= 0.3 is 0 Å². The van der Waals surface area contributed by atoms with Crippen molar-refractivity contribution in [3.8, 4) is 0 Å². The Labute approximate surface area is 130 Å². The molecule has 0 saturated heterocycles. The lowest BCUT2D eigenvalue weighted by Crippen LogP contribution is -2.18. The molecule has 2 heterocycles. The van der Waals surface area contributed by atoms with E-state index in [2.05, 4.69) is 42.2 Å². The zero-order valence-electron chi connectivity index (χ0n) is 13.8. The van der Waals surface area contributed by atoms with Gasteiger partial charge in [-0.05, 0) is 31.7 Å². The summed E-state index contributed by atoms with van der Waals surface area (Å²) >= 11 is 1.63. The Bertz CT molecular complexity index is 655. The Morgan fingerprint density at radius 3 is 2.33 bits per heavy atom. The molecular formula is C15H23N5S. The number of nitrogens with zero attached hydrogens (tertiary/aromatic N) is 4. The highest BCUT2D eigenvalue weighted by Crippen LogP contribution is 2.33. The Kier molecular flexibility index (Phi) is 4.27. The molecule has 6 heteroatoms. The monoisotopic (exact) mass is 305 g/mol. The highest BCUT2D eigenvalue weighted by Gasteiger charge is 2.21. The van der Waals surface area contributed by atoms with E-state index in [-0.39, 0.29) is 5.41 Å². The van der Waals surface area contributed by atoms with Crippen molar-refractivity contribution in [1.29, 1.82) is 0 Å². The van der Waals surface area contributed by atoms with E-state index < -0.39 is 0 Å². The first-order valence-corrected chi connectivity index (χ1v) is 7.79. The number of hydrogen-bond acceptors (Lipinski definition) is 5. The van der Waals surface area contributed by atoms with Gasteiger partial charge in [-0.25, -0.2) is 9.97 Å². The third-order valence-corrected chi connectivity index (χ3v) is 4.35. The van der Waals surface area contributed by atoms with Crippen molar-refractivity contribution in [2.45, 2.75) is 50.1 Å². The van der Waals surface area contributed by atoms with E-state index in [4.69, 9.17) is 4.98 Å². The maximum absolute atomic E-state index is 4.77. The summed E-state index contributed by atoms with van der Waals surface area (Å²) < 4.78 is 1.89. The van der Waals surface area contributed by atoms with Crippen LogP contribution in [-0.4, -0.2) is 26.8 Å². The second-order valence-corrected chi connectivity index (χ2v) is 7.18. The molecule has 2 aromatic heterocycles. The molecule has 0 aliphatic carbocycles. The topological polar surface area (TPSA) is 55.6 Å². The molecule has 0 fully saturated rings. The van der Waals surface area contributed by atoms with Crippen LogP contribution >= 0.6 is 11.8 Å². The molecule has 0 radical (unpaired) electrons. The summed E-state index contributed by atoms with van der Waals surface area (Å²) in [5.41, 5.74) is 1.99. The van der Waals surface area contributed by atoms with Gasteiger partial charge in [0.05, 0.1) is 5.69 Å². The number of aryl methyl sites for hydroxylation is 2. The summed E-state index contributed by atoms with van der Waals surface area (Å²) in [7, 11) is 3.85. The minimum Gasteiger partial charge on any atom is -0.373 e. The van der Waals surface area contributed by atoms with Gasteiger partial charge < -0.3 is 5.32 Å². The predicted molar refractivity (Wildman–Crippen MR) is 87.1 cm³/mol. The molecule has 2 aromatic rings. The molecule has 0 aromatic carbocycles. The summed E-state index contributed by atoms with van der Waals surface area (Å²) in [5, 5.41) is 9.61. The highest BCUT2D eigenvalue weighted by atomic mass is 32.2. The highest BCUT2D eigenvalue weighted by molar-refractivity contribution is 7.99. The standard InChI is InChI=1S/C15H23N5S/c1-9-8-11(20(7)19-9)21-13-10(2)12(16-6)17-14(18-13)15(3,4)5/h8H,1-7H3,(H,16,17,18). The minimum atomic E-state index is -0.0863. The predicted octanol–water partition coefficient (Wildman–Crippen LogP) is 3.32. The fourth-order valence-corrected chi connectivity index (χ4v) is 2.94. The molecule has 114 valence electrons. The Balaban J connectivity index is 2.49. The molecule has 0 atom stereocenters. The van der Waals surface area contributed by atoms with E-state index in [0.29, 0.717) is 0 Å². The van der Waals surface area contributed by atoms with E-state index in [9.17, 15) is 0 Å². The molecule has 0 unspecified atom stereocenters. The van der Waals surface area contributed by atoms with Crippen LogP contribution in [0.3, 0.4) is 0 Å². The van der Waals surface area contributed by atoms with Crippen molar-refractivity contribution in [2.24, 2.45) is 7.05 Å². The fraction of sp³-hybridized carbons (Fsp3) is 0.533. The largest absolute Gasteiger partial charge is 0.373 e. The van der Waals surface area contributed by atoms with Crippen molar-refractivity contribution in [2.75, 3.05) is 12.4 Å². The lowest BCUT2D eigenvalue weighted by atomic mass is 9.95. The van der Waals surface area contributed by atoms with E-state index in [1.807, 2.05) is 32.6 Å². The molecule has 1 N–H and O–H groups in total. The summed E-state index contributed by atoms with van der Waals surface area (Å²) in [5.74, 6) is 1.73. The van der Waals surface area contributed by atoms with Gasteiger partial charge in [-0.1, -0.05) is 20.8 Å². The summed E-state index contributed by atoms with van der Waals surface area (Å²) in [4.78, 5) is 9.40. The molecule has 21 heavy (non-hydrogen) atoms. The third kappa shape index (κ3) is 3.37. The normalized spacial score (nSPS) is 11.8. The molecular weight excluding hydrogens is 282 g/mol. The van der Waals surface area contributed by atoms with Gasteiger partial charge in [0.2, 0.25) is 0 Å². The van der Waals surface area contributed by atoms with Gasteiger partial charge in [0.15, 0.2) is 0 Å². The SMILES string of the molecule is CNc1nc(C(C)(C)C)nc(Sc2cc(C)nn2C)c1C. The maximum Gasteiger partial charge on any atom is 0.137 e. The lowest BCUT2D eigenvalue weighted by molar-refractivity contribution is 0.538. The third-order valence-electron chi connectivity index (χ3n) is 3.17. The molecule has 5 nitrogen and oxygen atoms in total. The van der Waals surface area contributed by atoms with E-state index >= 15 is 0 Å². The first-order valence-electron chi connectivity index (χ1n) is 6.97. The first-order chi connectivity index (χ1) is 9.72. The Hall–Kier alpha value is -1.56. The molecule has 0 aliphatic rings. The maximum atomic E-state index is 4.77. The molecule has 0 bridgehead atoms. The van der Waals surface area contributed by atoms with Gasteiger partial charge in [0.25, 0.3) is 0 Å².